The first-order valence-corrected chi connectivity index (χ1v) is 10.8. The van der Waals surface area contributed by atoms with Crippen molar-refractivity contribution in [3.8, 4) is 5.69 Å². The normalized spacial score (nSPS) is 10.7. The fourth-order valence-electron chi connectivity index (χ4n) is 2.78. The fraction of sp³-hybridized carbons (Fsp3) is 0.227. The minimum absolute atomic E-state index is 0.0228. The summed E-state index contributed by atoms with van der Waals surface area (Å²) in [7, 11) is 0. The number of imidazole rings is 1. The van der Waals surface area contributed by atoms with Crippen LogP contribution in [0.4, 0.5) is 14.5 Å². The molecule has 0 atom stereocenters. The first kappa shape index (κ1) is 22.5. The van der Waals surface area contributed by atoms with Gasteiger partial charge < -0.3 is 10.6 Å². The molecule has 0 spiro atoms. The van der Waals surface area contributed by atoms with Crippen LogP contribution in [0.25, 0.3) is 5.69 Å². The lowest BCUT2D eigenvalue weighted by atomic mass is 10.2. The molecular weight excluding hydrogens is 422 g/mol. The van der Waals surface area contributed by atoms with Crippen molar-refractivity contribution >= 4 is 29.3 Å². The molecule has 162 valence electrons. The maximum Gasteiger partial charge on any atom is 0.251 e. The second-order valence-corrected chi connectivity index (χ2v) is 7.64. The zero-order valence-electron chi connectivity index (χ0n) is 16.9. The molecule has 0 bridgehead atoms. The smallest absolute Gasteiger partial charge is 0.251 e. The molecule has 31 heavy (non-hydrogen) atoms. The fourth-order valence-corrected chi connectivity index (χ4v) is 3.55. The Labute approximate surface area is 183 Å². The first-order chi connectivity index (χ1) is 15.0. The number of benzene rings is 2. The molecule has 3 rings (SSSR count). The van der Waals surface area contributed by atoms with Gasteiger partial charge in [0.2, 0.25) is 5.91 Å². The SMILES string of the molecule is CCCCNC(=O)c1cccc(-n2ccnc2SCC(=O)Nc2ccc(F)cc2F)c1. The van der Waals surface area contributed by atoms with E-state index in [1.165, 1.54) is 6.07 Å². The number of amides is 2. The Kier molecular flexibility index (Phi) is 7.77. The number of carbonyl (C=O) groups excluding carboxylic acids is 2. The van der Waals surface area contributed by atoms with Crippen LogP contribution < -0.4 is 10.6 Å². The van der Waals surface area contributed by atoms with E-state index in [4.69, 9.17) is 0 Å². The standard InChI is InChI=1S/C22H22F2N4O2S/c1-2-3-9-25-21(30)15-5-4-6-17(12-15)28-11-10-26-22(28)31-14-20(29)27-19-8-7-16(23)13-18(19)24/h4-8,10-13H,2-3,9,14H2,1H3,(H,25,30)(H,27,29). The molecule has 3 aromatic rings. The summed E-state index contributed by atoms with van der Waals surface area (Å²) in [5.74, 6) is -2.17. The maximum atomic E-state index is 13.7. The van der Waals surface area contributed by atoms with Crippen molar-refractivity contribution in [3.05, 3.63) is 72.1 Å². The van der Waals surface area contributed by atoms with Crippen molar-refractivity contribution in [3.63, 3.8) is 0 Å². The second-order valence-electron chi connectivity index (χ2n) is 6.70. The van der Waals surface area contributed by atoms with E-state index >= 15 is 0 Å². The molecule has 0 aliphatic heterocycles. The number of thioether (sulfide) groups is 1. The van der Waals surface area contributed by atoms with E-state index < -0.39 is 17.5 Å². The van der Waals surface area contributed by atoms with E-state index in [-0.39, 0.29) is 17.3 Å². The van der Waals surface area contributed by atoms with E-state index in [2.05, 4.69) is 22.5 Å². The number of hydrogen-bond donors (Lipinski definition) is 2. The zero-order chi connectivity index (χ0) is 22.2. The molecular formula is C22H22F2N4O2S. The molecule has 0 aliphatic carbocycles. The molecule has 0 saturated heterocycles. The van der Waals surface area contributed by atoms with Crippen molar-refractivity contribution in [2.45, 2.75) is 24.9 Å². The average Bonchev–Trinajstić information content (AvgIpc) is 3.23. The first-order valence-electron chi connectivity index (χ1n) is 9.77. The molecule has 6 nitrogen and oxygen atoms in total. The number of nitrogens with zero attached hydrogens (tertiary/aromatic N) is 2. The summed E-state index contributed by atoms with van der Waals surface area (Å²) in [6.07, 6.45) is 5.23. The number of carbonyl (C=O) groups is 2. The van der Waals surface area contributed by atoms with Gasteiger partial charge in [-0.2, -0.15) is 0 Å². The van der Waals surface area contributed by atoms with Gasteiger partial charge in [0.1, 0.15) is 11.6 Å². The van der Waals surface area contributed by atoms with Crippen LogP contribution in [-0.2, 0) is 4.79 Å². The molecule has 0 fully saturated rings. The predicted molar refractivity (Wildman–Crippen MR) is 117 cm³/mol. The highest BCUT2D eigenvalue weighted by Gasteiger charge is 2.13. The second kappa shape index (κ2) is 10.7. The van der Waals surface area contributed by atoms with Crippen LogP contribution in [0.2, 0.25) is 0 Å². The van der Waals surface area contributed by atoms with Gasteiger partial charge in [-0.05, 0) is 36.8 Å². The minimum atomic E-state index is -0.839. The molecule has 0 saturated carbocycles. The Morgan fingerprint density at radius 2 is 2.00 bits per heavy atom. The van der Waals surface area contributed by atoms with Gasteiger partial charge in [-0.15, -0.1) is 0 Å². The zero-order valence-corrected chi connectivity index (χ0v) is 17.7. The molecule has 2 N–H and O–H groups in total. The van der Waals surface area contributed by atoms with Gasteiger partial charge in [0.15, 0.2) is 5.16 Å². The Morgan fingerprint density at radius 3 is 2.77 bits per heavy atom. The topological polar surface area (TPSA) is 76.0 Å². The van der Waals surface area contributed by atoms with E-state index in [0.717, 1.165) is 36.4 Å². The Bertz CT molecular complexity index is 1070. The van der Waals surface area contributed by atoms with Crippen LogP contribution >= 0.6 is 11.8 Å². The monoisotopic (exact) mass is 444 g/mol. The van der Waals surface area contributed by atoms with Crippen molar-refractivity contribution in [2.24, 2.45) is 0 Å². The van der Waals surface area contributed by atoms with Crippen LogP contribution in [0.5, 0.6) is 0 Å². The number of anilines is 1. The summed E-state index contributed by atoms with van der Waals surface area (Å²) >= 11 is 1.16. The van der Waals surface area contributed by atoms with Gasteiger partial charge >= 0.3 is 0 Å². The van der Waals surface area contributed by atoms with Gasteiger partial charge in [-0.1, -0.05) is 31.2 Å². The average molecular weight is 445 g/mol. The van der Waals surface area contributed by atoms with Crippen LogP contribution in [-0.4, -0.2) is 33.7 Å². The molecule has 2 aromatic carbocycles. The third kappa shape index (κ3) is 6.14. The summed E-state index contributed by atoms with van der Waals surface area (Å²) in [4.78, 5) is 28.8. The van der Waals surface area contributed by atoms with Crippen molar-refractivity contribution in [1.29, 1.82) is 0 Å². The Morgan fingerprint density at radius 1 is 1.16 bits per heavy atom. The van der Waals surface area contributed by atoms with Gasteiger partial charge in [0.05, 0.1) is 11.4 Å². The van der Waals surface area contributed by atoms with Crippen LogP contribution in [0.1, 0.15) is 30.1 Å². The molecule has 1 aromatic heterocycles. The summed E-state index contributed by atoms with van der Waals surface area (Å²) in [6.45, 7) is 2.68. The number of aromatic nitrogens is 2. The maximum absolute atomic E-state index is 13.7. The lowest BCUT2D eigenvalue weighted by Crippen LogP contribution is -2.24. The molecule has 0 aliphatic rings. The molecule has 9 heteroatoms. The Balaban J connectivity index is 1.65. The predicted octanol–water partition coefficient (Wildman–Crippen LogP) is 4.41. The molecule has 2 amide bonds. The highest BCUT2D eigenvalue weighted by molar-refractivity contribution is 7.99. The summed E-state index contributed by atoms with van der Waals surface area (Å²) < 4.78 is 28.5. The van der Waals surface area contributed by atoms with Crippen LogP contribution in [0.3, 0.4) is 0 Å². The molecule has 1 heterocycles. The van der Waals surface area contributed by atoms with Crippen molar-refractivity contribution in [2.75, 3.05) is 17.6 Å². The lowest BCUT2D eigenvalue weighted by Gasteiger charge is -2.10. The number of rotatable bonds is 9. The van der Waals surface area contributed by atoms with Gasteiger partial charge in [-0.3, -0.25) is 14.2 Å². The van der Waals surface area contributed by atoms with Crippen molar-refractivity contribution < 1.29 is 18.4 Å². The Hall–Kier alpha value is -3.20. The van der Waals surface area contributed by atoms with Gasteiger partial charge in [0.25, 0.3) is 5.91 Å². The highest BCUT2D eigenvalue weighted by atomic mass is 32.2. The van der Waals surface area contributed by atoms with E-state index in [9.17, 15) is 18.4 Å². The summed E-state index contributed by atoms with van der Waals surface area (Å²) in [5, 5.41) is 5.84. The number of nitrogens with one attached hydrogen (secondary N) is 2. The van der Waals surface area contributed by atoms with Crippen LogP contribution in [0.15, 0.2) is 60.0 Å². The summed E-state index contributed by atoms with van der Waals surface area (Å²) in [6, 6.07) is 10.1. The minimum Gasteiger partial charge on any atom is -0.352 e. The third-order valence-corrected chi connectivity index (χ3v) is 5.31. The molecule has 0 unspecified atom stereocenters. The van der Waals surface area contributed by atoms with E-state index in [1.54, 1.807) is 35.2 Å². The van der Waals surface area contributed by atoms with E-state index in [1.807, 2.05) is 6.07 Å². The number of halogens is 2. The lowest BCUT2D eigenvalue weighted by molar-refractivity contribution is -0.113. The summed E-state index contributed by atoms with van der Waals surface area (Å²) in [5.41, 5.74) is 1.17. The number of hydrogen-bond acceptors (Lipinski definition) is 4. The van der Waals surface area contributed by atoms with Gasteiger partial charge in [-0.25, -0.2) is 13.8 Å². The third-order valence-electron chi connectivity index (χ3n) is 4.35. The molecule has 0 radical (unpaired) electrons. The van der Waals surface area contributed by atoms with Gasteiger partial charge in [0, 0.05) is 36.3 Å². The number of unbranched alkanes of at least 4 members (excludes halogenated alkanes) is 1. The van der Waals surface area contributed by atoms with E-state index in [0.29, 0.717) is 23.3 Å². The largest absolute Gasteiger partial charge is 0.352 e. The highest BCUT2D eigenvalue weighted by Crippen LogP contribution is 2.22. The van der Waals surface area contributed by atoms with Crippen LogP contribution in [0, 0.1) is 11.6 Å². The van der Waals surface area contributed by atoms with Crippen molar-refractivity contribution in [1.82, 2.24) is 14.9 Å². The quantitative estimate of drug-likeness (QED) is 0.379.